The molecule has 4 nitrogen and oxygen atoms in total. The molecular formula is C11H12ClN3O. The summed E-state index contributed by atoms with van der Waals surface area (Å²) in [4.78, 5) is 11.4. The molecule has 0 fully saturated rings. The number of hydrogen-bond acceptors (Lipinski definition) is 3. The Morgan fingerprint density at radius 3 is 2.94 bits per heavy atom. The lowest BCUT2D eigenvalue weighted by molar-refractivity contribution is -0.116. The van der Waals surface area contributed by atoms with Crippen molar-refractivity contribution in [1.82, 2.24) is 0 Å². The SMILES string of the molecule is N#Cc1cc(NC(=O)CCCN)ccc1Cl. The summed E-state index contributed by atoms with van der Waals surface area (Å²) in [5, 5.41) is 11.8. The lowest BCUT2D eigenvalue weighted by atomic mass is 10.2. The third-order valence-corrected chi connectivity index (χ3v) is 2.31. The number of hydrogen-bond donors (Lipinski definition) is 2. The van der Waals surface area contributed by atoms with Crippen molar-refractivity contribution in [3.8, 4) is 6.07 Å². The van der Waals surface area contributed by atoms with E-state index in [2.05, 4.69) is 5.32 Å². The molecule has 3 N–H and O–H groups in total. The molecule has 1 aromatic rings. The minimum absolute atomic E-state index is 0.114. The fourth-order valence-electron chi connectivity index (χ4n) is 1.17. The summed E-state index contributed by atoms with van der Waals surface area (Å²) in [5.41, 5.74) is 6.21. The topological polar surface area (TPSA) is 78.9 Å². The van der Waals surface area contributed by atoms with E-state index >= 15 is 0 Å². The minimum atomic E-state index is -0.114. The number of nitrogens with two attached hydrogens (primary N) is 1. The maximum Gasteiger partial charge on any atom is 0.224 e. The number of anilines is 1. The Morgan fingerprint density at radius 2 is 2.31 bits per heavy atom. The number of benzene rings is 1. The van der Waals surface area contributed by atoms with Gasteiger partial charge in [0.05, 0.1) is 10.6 Å². The van der Waals surface area contributed by atoms with Gasteiger partial charge >= 0.3 is 0 Å². The van der Waals surface area contributed by atoms with Crippen LogP contribution in [0.5, 0.6) is 0 Å². The maximum atomic E-state index is 11.4. The molecule has 0 aliphatic rings. The van der Waals surface area contributed by atoms with Crippen LogP contribution in [0.1, 0.15) is 18.4 Å². The van der Waals surface area contributed by atoms with Crippen LogP contribution >= 0.6 is 11.6 Å². The molecule has 0 spiro atoms. The number of carbonyl (C=O) groups excluding carboxylic acids is 1. The zero-order chi connectivity index (χ0) is 12.0. The number of nitrogens with zero attached hydrogens (tertiary/aromatic N) is 1. The first kappa shape index (κ1) is 12.5. The van der Waals surface area contributed by atoms with Crippen molar-refractivity contribution in [2.75, 3.05) is 11.9 Å². The van der Waals surface area contributed by atoms with E-state index in [0.29, 0.717) is 35.7 Å². The average molecular weight is 238 g/mol. The van der Waals surface area contributed by atoms with Crippen LogP contribution in [0.15, 0.2) is 18.2 Å². The quantitative estimate of drug-likeness (QED) is 0.839. The van der Waals surface area contributed by atoms with Crippen LogP contribution in [-0.2, 0) is 4.79 Å². The van der Waals surface area contributed by atoms with Crippen molar-refractivity contribution in [2.45, 2.75) is 12.8 Å². The molecule has 1 aromatic carbocycles. The van der Waals surface area contributed by atoms with Gasteiger partial charge in [0.15, 0.2) is 0 Å². The molecule has 0 heterocycles. The molecule has 16 heavy (non-hydrogen) atoms. The van der Waals surface area contributed by atoms with Crippen molar-refractivity contribution < 1.29 is 4.79 Å². The molecule has 0 saturated carbocycles. The van der Waals surface area contributed by atoms with Crippen LogP contribution in [0.25, 0.3) is 0 Å². The summed E-state index contributed by atoms with van der Waals surface area (Å²) in [6.07, 6.45) is 1.02. The van der Waals surface area contributed by atoms with E-state index in [0.717, 1.165) is 0 Å². The van der Waals surface area contributed by atoms with Gasteiger partial charge in [-0.2, -0.15) is 5.26 Å². The summed E-state index contributed by atoms with van der Waals surface area (Å²) in [6.45, 7) is 0.484. The van der Waals surface area contributed by atoms with Crippen LogP contribution in [0, 0.1) is 11.3 Å². The molecule has 0 atom stereocenters. The highest BCUT2D eigenvalue weighted by atomic mass is 35.5. The summed E-state index contributed by atoms with van der Waals surface area (Å²) >= 11 is 5.76. The molecular weight excluding hydrogens is 226 g/mol. The molecule has 0 bridgehead atoms. The van der Waals surface area contributed by atoms with Gasteiger partial charge in [-0.3, -0.25) is 4.79 Å². The first-order chi connectivity index (χ1) is 7.67. The second kappa shape index (κ2) is 6.11. The molecule has 84 valence electrons. The van der Waals surface area contributed by atoms with Gasteiger partial charge in [-0.25, -0.2) is 0 Å². The van der Waals surface area contributed by atoms with E-state index in [1.54, 1.807) is 18.2 Å². The molecule has 5 heteroatoms. The van der Waals surface area contributed by atoms with Gasteiger partial charge in [0.2, 0.25) is 5.91 Å². The Bertz CT molecular complexity index is 426. The van der Waals surface area contributed by atoms with E-state index in [9.17, 15) is 4.79 Å². The van der Waals surface area contributed by atoms with E-state index in [1.165, 1.54) is 0 Å². The first-order valence-corrected chi connectivity index (χ1v) is 5.24. The van der Waals surface area contributed by atoms with Crippen molar-refractivity contribution in [3.63, 3.8) is 0 Å². The number of nitrogens with one attached hydrogen (secondary N) is 1. The van der Waals surface area contributed by atoms with Gasteiger partial charge in [0.1, 0.15) is 6.07 Å². The van der Waals surface area contributed by atoms with Crippen LogP contribution in [0.3, 0.4) is 0 Å². The molecule has 0 unspecified atom stereocenters. The highest BCUT2D eigenvalue weighted by molar-refractivity contribution is 6.31. The number of halogens is 1. The Balaban J connectivity index is 2.68. The van der Waals surface area contributed by atoms with E-state index < -0.39 is 0 Å². The van der Waals surface area contributed by atoms with E-state index in [1.807, 2.05) is 6.07 Å². The van der Waals surface area contributed by atoms with Gasteiger partial charge < -0.3 is 11.1 Å². The number of rotatable bonds is 4. The Labute approximate surface area is 99.0 Å². The summed E-state index contributed by atoms with van der Waals surface area (Å²) < 4.78 is 0. The van der Waals surface area contributed by atoms with E-state index in [-0.39, 0.29) is 5.91 Å². The van der Waals surface area contributed by atoms with Gasteiger partial charge in [-0.1, -0.05) is 11.6 Å². The fourth-order valence-corrected chi connectivity index (χ4v) is 1.33. The Kier molecular flexibility index (Phi) is 4.77. The van der Waals surface area contributed by atoms with E-state index in [4.69, 9.17) is 22.6 Å². The second-order valence-electron chi connectivity index (χ2n) is 3.25. The van der Waals surface area contributed by atoms with Crippen LogP contribution in [-0.4, -0.2) is 12.5 Å². The van der Waals surface area contributed by atoms with Crippen LogP contribution < -0.4 is 11.1 Å². The number of carbonyl (C=O) groups is 1. The normalized spacial score (nSPS) is 9.56. The zero-order valence-corrected chi connectivity index (χ0v) is 9.42. The highest BCUT2D eigenvalue weighted by Gasteiger charge is 2.04. The second-order valence-corrected chi connectivity index (χ2v) is 3.65. The molecule has 0 radical (unpaired) electrons. The number of amides is 1. The Hall–Kier alpha value is -1.57. The maximum absolute atomic E-state index is 11.4. The molecule has 0 saturated heterocycles. The lowest BCUT2D eigenvalue weighted by Gasteiger charge is -2.05. The summed E-state index contributed by atoms with van der Waals surface area (Å²) in [6, 6.07) is 6.73. The lowest BCUT2D eigenvalue weighted by Crippen LogP contribution is -2.13. The first-order valence-electron chi connectivity index (χ1n) is 4.87. The van der Waals surface area contributed by atoms with Gasteiger partial charge in [0.25, 0.3) is 0 Å². The largest absolute Gasteiger partial charge is 0.330 e. The molecule has 1 rings (SSSR count). The monoisotopic (exact) mass is 237 g/mol. The smallest absolute Gasteiger partial charge is 0.224 e. The highest BCUT2D eigenvalue weighted by Crippen LogP contribution is 2.19. The number of nitriles is 1. The molecule has 0 aromatic heterocycles. The minimum Gasteiger partial charge on any atom is -0.330 e. The van der Waals surface area contributed by atoms with Gasteiger partial charge in [-0.15, -0.1) is 0 Å². The summed E-state index contributed by atoms with van der Waals surface area (Å²) in [7, 11) is 0. The van der Waals surface area contributed by atoms with Crippen molar-refractivity contribution in [2.24, 2.45) is 5.73 Å². The fraction of sp³-hybridized carbons (Fsp3) is 0.273. The molecule has 1 amide bonds. The zero-order valence-electron chi connectivity index (χ0n) is 8.66. The van der Waals surface area contributed by atoms with Crippen molar-refractivity contribution in [3.05, 3.63) is 28.8 Å². The predicted molar refractivity (Wildman–Crippen MR) is 63.1 cm³/mol. The average Bonchev–Trinajstić information content (AvgIpc) is 2.29. The molecule has 0 aliphatic heterocycles. The third-order valence-electron chi connectivity index (χ3n) is 1.98. The van der Waals surface area contributed by atoms with Gasteiger partial charge in [-0.05, 0) is 31.2 Å². The predicted octanol–water partition coefficient (Wildman–Crippen LogP) is 1.89. The third kappa shape index (κ3) is 3.54. The van der Waals surface area contributed by atoms with Crippen molar-refractivity contribution >= 4 is 23.2 Å². The standard InChI is InChI=1S/C11H12ClN3O/c12-10-4-3-9(6-8(10)7-14)15-11(16)2-1-5-13/h3-4,6H,1-2,5,13H2,(H,15,16). The van der Waals surface area contributed by atoms with Gasteiger partial charge in [0, 0.05) is 12.1 Å². The van der Waals surface area contributed by atoms with Crippen LogP contribution in [0.2, 0.25) is 5.02 Å². The summed E-state index contributed by atoms with van der Waals surface area (Å²) in [5.74, 6) is -0.114. The molecule has 0 aliphatic carbocycles. The Morgan fingerprint density at radius 1 is 1.56 bits per heavy atom. The van der Waals surface area contributed by atoms with Crippen LogP contribution in [0.4, 0.5) is 5.69 Å². The van der Waals surface area contributed by atoms with Crippen molar-refractivity contribution in [1.29, 1.82) is 5.26 Å².